The van der Waals surface area contributed by atoms with Gasteiger partial charge in [-0.2, -0.15) is 0 Å². The van der Waals surface area contributed by atoms with E-state index in [2.05, 4.69) is 59.0 Å². The molecule has 1 atom stereocenters. The van der Waals surface area contributed by atoms with Gasteiger partial charge in [-0.25, -0.2) is 0 Å². The fourth-order valence-corrected chi connectivity index (χ4v) is 4.66. The van der Waals surface area contributed by atoms with Crippen LogP contribution in [0.25, 0.3) is 11.0 Å². The Balaban J connectivity index is 1.36. The highest BCUT2D eigenvalue weighted by molar-refractivity contribution is 5.83. The standard InChI is InChI=1S/C31H30N2O4/c1-18-5-10-23(11-6-18)30(24-12-7-19(2)8-13-24)32-28(34)16-22-9-14-26-25(15-22)17-27(36-26)31(35)29-20(3)33-37-21(29)4/h5-15,17,30-31,35H,16H2,1-4H3,(H,32,34). The van der Waals surface area contributed by atoms with Crippen molar-refractivity contribution >= 4 is 16.9 Å². The topological polar surface area (TPSA) is 88.5 Å². The molecular weight excluding hydrogens is 464 g/mol. The molecule has 0 aliphatic rings. The molecule has 0 radical (unpaired) electrons. The van der Waals surface area contributed by atoms with Crippen molar-refractivity contribution < 1.29 is 18.8 Å². The van der Waals surface area contributed by atoms with Crippen LogP contribution in [0, 0.1) is 27.7 Å². The van der Waals surface area contributed by atoms with Crippen LogP contribution in [0.3, 0.4) is 0 Å². The predicted octanol–water partition coefficient (Wildman–Crippen LogP) is 6.18. The summed E-state index contributed by atoms with van der Waals surface area (Å²) in [4.78, 5) is 13.2. The molecule has 0 saturated heterocycles. The Morgan fingerprint density at radius 3 is 2.08 bits per heavy atom. The third kappa shape index (κ3) is 5.20. The van der Waals surface area contributed by atoms with Gasteiger partial charge in [-0.15, -0.1) is 0 Å². The van der Waals surface area contributed by atoms with Gasteiger partial charge in [-0.3, -0.25) is 4.79 Å². The number of fused-ring (bicyclic) bond motifs is 1. The molecule has 2 N–H and O–H groups in total. The van der Waals surface area contributed by atoms with Gasteiger partial charge in [-0.1, -0.05) is 70.9 Å². The van der Waals surface area contributed by atoms with Crippen molar-refractivity contribution in [1.82, 2.24) is 10.5 Å². The Hall–Kier alpha value is -4.16. The molecule has 1 unspecified atom stereocenters. The Morgan fingerprint density at radius 1 is 0.892 bits per heavy atom. The van der Waals surface area contributed by atoms with E-state index in [1.54, 1.807) is 19.9 Å². The molecule has 0 saturated carbocycles. The Labute approximate surface area is 215 Å². The van der Waals surface area contributed by atoms with Gasteiger partial charge < -0.3 is 19.4 Å². The molecule has 6 nitrogen and oxygen atoms in total. The van der Waals surface area contributed by atoms with Crippen LogP contribution in [0.15, 0.2) is 81.7 Å². The fraction of sp³-hybridized carbons (Fsp3) is 0.226. The smallest absolute Gasteiger partial charge is 0.225 e. The molecule has 1 amide bonds. The molecule has 37 heavy (non-hydrogen) atoms. The molecule has 0 spiro atoms. The van der Waals surface area contributed by atoms with E-state index >= 15 is 0 Å². The number of benzene rings is 3. The quantitative estimate of drug-likeness (QED) is 0.282. The summed E-state index contributed by atoms with van der Waals surface area (Å²) in [6.45, 7) is 7.65. The molecule has 0 fully saturated rings. The second-order valence-corrected chi connectivity index (χ2v) is 9.66. The Morgan fingerprint density at radius 2 is 1.51 bits per heavy atom. The number of carbonyl (C=O) groups excluding carboxylic acids is 1. The fourth-order valence-electron chi connectivity index (χ4n) is 4.66. The molecule has 5 aromatic rings. The lowest BCUT2D eigenvalue weighted by molar-refractivity contribution is -0.120. The first-order valence-electron chi connectivity index (χ1n) is 12.3. The van der Waals surface area contributed by atoms with E-state index in [4.69, 9.17) is 8.94 Å². The zero-order valence-electron chi connectivity index (χ0n) is 21.4. The second-order valence-electron chi connectivity index (χ2n) is 9.66. The summed E-state index contributed by atoms with van der Waals surface area (Å²) in [5.41, 5.74) is 7.14. The van der Waals surface area contributed by atoms with Crippen LogP contribution >= 0.6 is 0 Å². The van der Waals surface area contributed by atoms with Crippen LogP contribution < -0.4 is 5.32 Å². The minimum Gasteiger partial charge on any atom is -0.458 e. The summed E-state index contributed by atoms with van der Waals surface area (Å²) in [5.74, 6) is 0.884. The molecule has 0 aliphatic carbocycles. The van der Waals surface area contributed by atoms with E-state index in [-0.39, 0.29) is 18.4 Å². The number of aliphatic hydroxyl groups is 1. The average Bonchev–Trinajstić information content (AvgIpc) is 3.45. The number of rotatable bonds is 7. The van der Waals surface area contributed by atoms with Gasteiger partial charge >= 0.3 is 0 Å². The number of furan rings is 1. The molecular formula is C31H30N2O4. The summed E-state index contributed by atoms with van der Waals surface area (Å²) in [5, 5.41) is 18.8. The summed E-state index contributed by atoms with van der Waals surface area (Å²) >= 11 is 0. The number of nitrogens with zero attached hydrogens (tertiary/aromatic N) is 1. The minimum absolute atomic E-state index is 0.0787. The van der Waals surface area contributed by atoms with Gasteiger partial charge in [0.2, 0.25) is 5.91 Å². The summed E-state index contributed by atoms with van der Waals surface area (Å²) in [6.07, 6.45) is -0.757. The van der Waals surface area contributed by atoms with Crippen LogP contribution in [-0.4, -0.2) is 16.2 Å². The Kier molecular flexibility index (Phi) is 6.68. The Bertz CT molecular complexity index is 1480. The number of aliphatic hydroxyl groups excluding tert-OH is 1. The maximum atomic E-state index is 13.2. The summed E-state index contributed by atoms with van der Waals surface area (Å²) < 4.78 is 11.1. The lowest BCUT2D eigenvalue weighted by atomic mass is 9.96. The van der Waals surface area contributed by atoms with Crippen LogP contribution in [0.4, 0.5) is 0 Å². The van der Waals surface area contributed by atoms with Crippen molar-refractivity contribution in [3.63, 3.8) is 0 Å². The van der Waals surface area contributed by atoms with Gasteiger partial charge in [0.1, 0.15) is 23.2 Å². The summed E-state index contributed by atoms with van der Waals surface area (Å²) in [7, 11) is 0. The molecule has 5 rings (SSSR count). The largest absolute Gasteiger partial charge is 0.458 e. The van der Waals surface area contributed by atoms with E-state index in [0.717, 1.165) is 22.1 Å². The first-order valence-corrected chi connectivity index (χ1v) is 12.3. The molecule has 0 bridgehead atoms. The molecule has 0 aliphatic heterocycles. The van der Waals surface area contributed by atoms with Crippen LogP contribution in [0.2, 0.25) is 0 Å². The van der Waals surface area contributed by atoms with E-state index in [0.29, 0.717) is 28.4 Å². The second kappa shape index (κ2) is 10.1. The highest BCUT2D eigenvalue weighted by Gasteiger charge is 2.23. The van der Waals surface area contributed by atoms with Gasteiger partial charge in [0.25, 0.3) is 0 Å². The van der Waals surface area contributed by atoms with Gasteiger partial charge in [0, 0.05) is 5.39 Å². The SMILES string of the molecule is Cc1ccc(C(NC(=O)Cc2ccc3oc(C(O)c4c(C)noc4C)cc3c2)c2ccc(C)cc2)cc1. The third-order valence-corrected chi connectivity index (χ3v) is 6.72. The zero-order valence-corrected chi connectivity index (χ0v) is 21.4. The number of nitrogens with one attached hydrogen (secondary N) is 1. The van der Waals surface area contributed by atoms with Crippen molar-refractivity contribution in [2.24, 2.45) is 0 Å². The maximum absolute atomic E-state index is 13.2. The molecule has 3 aromatic carbocycles. The van der Waals surface area contributed by atoms with Gasteiger partial charge in [0.15, 0.2) is 0 Å². The predicted molar refractivity (Wildman–Crippen MR) is 142 cm³/mol. The van der Waals surface area contributed by atoms with Crippen molar-refractivity contribution in [2.45, 2.75) is 46.3 Å². The third-order valence-electron chi connectivity index (χ3n) is 6.72. The highest BCUT2D eigenvalue weighted by Crippen LogP contribution is 2.32. The first-order chi connectivity index (χ1) is 17.8. The number of hydrogen-bond acceptors (Lipinski definition) is 5. The van der Waals surface area contributed by atoms with Gasteiger partial charge in [-0.05, 0) is 62.6 Å². The van der Waals surface area contributed by atoms with Crippen LogP contribution in [0.5, 0.6) is 0 Å². The van der Waals surface area contributed by atoms with Crippen molar-refractivity contribution in [3.8, 4) is 0 Å². The van der Waals surface area contributed by atoms with E-state index in [1.165, 1.54) is 11.1 Å². The van der Waals surface area contributed by atoms with Crippen LogP contribution in [-0.2, 0) is 11.2 Å². The number of aryl methyl sites for hydroxylation is 4. The van der Waals surface area contributed by atoms with E-state index in [9.17, 15) is 9.90 Å². The average molecular weight is 495 g/mol. The lowest BCUT2D eigenvalue weighted by Crippen LogP contribution is -2.30. The molecule has 6 heteroatoms. The van der Waals surface area contributed by atoms with E-state index in [1.807, 2.05) is 32.0 Å². The lowest BCUT2D eigenvalue weighted by Gasteiger charge is -2.20. The molecule has 2 heterocycles. The number of carbonyl (C=O) groups is 1. The number of aromatic nitrogens is 1. The van der Waals surface area contributed by atoms with Crippen molar-refractivity contribution in [1.29, 1.82) is 0 Å². The maximum Gasteiger partial charge on any atom is 0.225 e. The minimum atomic E-state index is -0.977. The summed E-state index contributed by atoms with van der Waals surface area (Å²) in [6, 6.07) is 23.7. The van der Waals surface area contributed by atoms with Gasteiger partial charge in [0.05, 0.1) is 23.7 Å². The normalized spacial score (nSPS) is 12.3. The van der Waals surface area contributed by atoms with Crippen LogP contribution in [0.1, 0.15) is 62.7 Å². The highest BCUT2D eigenvalue weighted by atomic mass is 16.5. The number of amides is 1. The zero-order chi connectivity index (χ0) is 26.1. The van der Waals surface area contributed by atoms with Crippen molar-refractivity contribution in [2.75, 3.05) is 0 Å². The first kappa shape index (κ1) is 24.5. The molecule has 2 aromatic heterocycles. The molecule has 188 valence electrons. The van der Waals surface area contributed by atoms with E-state index < -0.39 is 6.10 Å². The monoisotopic (exact) mass is 494 g/mol. The number of hydrogen-bond donors (Lipinski definition) is 2. The van der Waals surface area contributed by atoms with Crippen molar-refractivity contribution in [3.05, 3.63) is 123 Å².